The number of aliphatic carboxylic acids is 1. The van der Waals surface area contributed by atoms with Gasteiger partial charge in [0.05, 0.1) is 6.04 Å². The predicted octanol–water partition coefficient (Wildman–Crippen LogP) is 1.61. The van der Waals surface area contributed by atoms with Crippen LogP contribution in [0.1, 0.15) is 47.0 Å². The first kappa shape index (κ1) is 17.9. The van der Waals surface area contributed by atoms with E-state index in [-0.39, 0.29) is 18.2 Å². The summed E-state index contributed by atoms with van der Waals surface area (Å²) in [5.74, 6) is -0.0538. The zero-order chi connectivity index (χ0) is 15.0. The Kier molecular flexibility index (Phi) is 8.39. The van der Waals surface area contributed by atoms with Crippen LogP contribution in [0.4, 0.5) is 0 Å². The molecule has 0 radical (unpaired) electrons. The number of amides is 1. The summed E-state index contributed by atoms with van der Waals surface area (Å²) >= 11 is 0. The van der Waals surface area contributed by atoms with Crippen LogP contribution < -0.4 is 11.1 Å². The van der Waals surface area contributed by atoms with Gasteiger partial charge in [-0.3, -0.25) is 9.59 Å². The van der Waals surface area contributed by atoms with Crippen molar-refractivity contribution in [2.75, 3.05) is 6.54 Å². The lowest BCUT2D eigenvalue weighted by atomic mass is 9.88. The third-order valence-electron chi connectivity index (χ3n) is 3.51. The lowest BCUT2D eigenvalue weighted by molar-refractivity contribution is -0.137. The van der Waals surface area contributed by atoms with E-state index < -0.39 is 12.0 Å². The number of carbonyl (C=O) groups excluding carboxylic acids is 1. The highest BCUT2D eigenvalue weighted by Gasteiger charge is 2.18. The summed E-state index contributed by atoms with van der Waals surface area (Å²) in [6.07, 6.45) is 1.63. The summed E-state index contributed by atoms with van der Waals surface area (Å²) in [6, 6.07) is -0.475. The van der Waals surface area contributed by atoms with Crippen molar-refractivity contribution in [3.8, 4) is 0 Å². The van der Waals surface area contributed by atoms with Gasteiger partial charge in [0.25, 0.3) is 0 Å². The Balaban J connectivity index is 4.06. The minimum atomic E-state index is -0.767. The third-order valence-corrected chi connectivity index (χ3v) is 3.51. The fourth-order valence-corrected chi connectivity index (χ4v) is 1.92. The molecule has 0 aliphatic heterocycles. The number of rotatable bonds is 9. The van der Waals surface area contributed by atoms with Crippen LogP contribution in [-0.4, -0.2) is 29.6 Å². The molecule has 4 N–H and O–H groups in total. The van der Waals surface area contributed by atoms with E-state index in [2.05, 4.69) is 19.2 Å². The van der Waals surface area contributed by atoms with Crippen LogP contribution in [0, 0.1) is 17.8 Å². The molecule has 112 valence electrons. The maximum atomic E-state index is 11.7. The van der Waals surface area contributed by atoms with Gasteiger partial charge in [-0.2, -0.15) is 0 Å². The molecule has 0 aromatic rings. The molecule has 5 nitrogen and oxygen atoms in total. The molecule has 0 fully saturated rings. The Labute approximate surface area is 115 Å². The number of carbonyl (C=O) groups is 2. The number of nitrogens with one attached hydrogen (secondary N) is 1. The maximum Gasteiger partial charge on any atom is 0.303 e. The lowest BCUT2D eigenvalue weighted by Crippen LogP contribution is -2.44. The topological polar surface area (TPSA) is 92.4 Å². The van der Waals surface area contributed by atoms with E-state index in [1.807, 2.05) is 13.8 Å². The normalized spacial score (nSPS) is 14.5. The molecule has 0 rings (SSSR count). The number of carboxylic acids is 1. The molecule has 0 heterocycles. The fourth-order valence-electron chi connectivity index (χ4n) is 1.92. The van der Waals surface area contributed by atoms with E-state index >= 15 is 0 Å². The van der Waals surface area contributed by atoms with Gasteiger partial charge in [0.2, 0.25) is 5.91 Å². The van der Waals surface area contributed by atoms with Crippen LogP contribution in [0.2, 0.25) is 0 Å². The van der Waals surface area contributed by atoms with Crippen LogP contribution >= 0.6 is 0 Å². The predicted molar refractivity (Wildman–Crippen MR) is 75.6 cm³/mol. The Morgan fingerprint density at radius 3 is 2.11 bits per heavy atom. The Hall–Kier alpha value is -1.10. The second-order valence-electron chi connectivity index (χ2n) is 5.79. The van der Waals surface area contributed by atoms with Gasteiger partial charge in [0.1, 0.15) is 0 Å². The standard InChI is InChI=1S/C14H28N2O3/c1-9(2)11(5-6-12(17)18)7-8-16-14(19)13(15)10(3)4/h9-11,13H,5-8,15H2,1-4H3,(H,16,19)(H,17,18)/t11?,13-/m1/s1. The number of carboxylic acid groups (broad SMARTS) is 1. The van der Waals surface area contributed by atoms with Gasteiger partial charge in [-0.05, 0) is 30.6 Å². The van der Waals surface area contributed by atoms with E-state index in [1.54, 1.807) is 0 Å². The molecule has 0 aromatic carbocycles. The molecule has 0 aromatic heterocycles. The second-order valence-corrected chi connectivity index (χ2v) is 5.79. The Morgan fingerprint density at radius 2 is 1.68 bits per heavy atom. The number of nitrogens with two attached hydrogens (primary N) is 1. The molecule has 0 aliphatic rings. The molecule has 2 atom stereocenters. The molecule has 19 heavy (non-hydrogen) atoms. The van der Waals surface area contributed by atoms with Gasteiger partial charge >= 0.3 is 5.97 Å². The minimum absolute atomic E-state index is 0.118. The fraction of sp³-hybridized carbons (Fsp3) is 0.857. The smallest absolute Gasteiger partial charge is 0.303 e. The summed E-state index contributed by atoms with van der Waals surface area (Å²) in [6.45, 7) is 8.53. The molecule has 0 saturated carbocycles. The summed E-state index contributed by atoms with van der Waals surface area (Å²) in [4.78, 5) is 22.3. The highest BCUT2D eigenvalue weighted by atomic mass is 16.4. The maximum absolute atomic E-state index is 11.7. The molecule has 0 aliphatic carbocycles. The van der Waals surface area contributed by atoms with Gasteiger partial charge in [-0.25, -0.2) is 0 Å². The molecule has 1 unspecified atom stereocenters. The van der Waals surface area contributed by atoms with Crippen LogP contribution in [0.25, 0.3) is 0 Å². The first-order valence-corrected chi connectivity index (χ1v) is 7.00. The quantitative estimate of drug-likeness (QED) is 0.594. The van der Waals surface area contributed by atoms with Crippen molar-refractivity contribution in [1.29, 1.82) is 0 Å². The molecule has 0 saturated heterocycles. The highest BCUT2D eigenvalue weighted by Crippen LogP contribution is 2.20. The van der Waals surface area contributed by atoms with Crippen molar-refractivity contribution in [1.82, 2.24) is 5.32 Å². The monoisotopic (exact) mass is 272 g/mol. The van der Waals surface area contributed by atoms with E-state index in [0.717, 1.165) is 6.42 Å². The Morgan fingerprint density at radius 1 is 1.11 bits per heavy atom. The third kappa shape index (κ3) is 7.82. The van der Waals surface area contributed by atoms with Gasteiger partial charge in [-0.1, -0.05) is 27.7 Å². The van der Waals surface area contributed by atoms with E-state index in [4.69, 9.17) is 10.8 Å². The van der Waals surface area contributed by atoms with Crippen molar-refractivity contribution in [2.45, 2.75) is 53.0 Å². The van der Waals surface area contributed by atoms with Gasteiger partial charge in [-0.15, -0.1) is 0 Å². The second kappa shape index (κ2) is 8.91. The SMILES string of the molecule is CC(C)C(CCNC(=O)[C@H](N)C(C)C)CCC(=O)O. The van der Waals surface area contributed by atoms with Crippen molar-refractivity contribution in [3.63, 3.8) is 0 Å². The average molecular weight is 272 g/mol. The molecule has 5 heteroatoms. The van der Waals surface area contributed by atoms with E-state index in [1.165, 1.54) is 0 Å². The zero-order valence-corrected chi connectivity index (χ0v) is 12.5. The van der Waals surface area contributed by atoms with Gasteiger partial charge in [0, 0.05) is 13.0 Å². The molecular weight excluding hydrogens is 244 g/mol. The van der Waals surface area contributed by atoms with Crippen LogP contribution in [0.5, 0.6) is 0 Å². The summed E-state index contributed by atoms with van der Waals surface area (Å²) in [5.41, 5.74) is 5.75. The van der Waals surface area contributed by atoms with Gasteiger partial charge < -0.3 is 16.2 Å². The summed E-state index contributed by atoms with van der Waals surface area (Å²) in [5, 5.41) is 11.5. The van der Waals surface area contributed by atoms with Gasteiger partial charge in [0.15, 0.2) is 0 Å². The summed E-state index contributed by atoms with van der Waals surface area (Å²) < 4.78 is 0. The van der Waals surface area contributed by atoms with Crippen LogP contribution in [-0.2, 0) is 9.59 Å². The first-order valence-electron chi connectivity index (χ1n) is 7.00. The number of hydrogen-bond donors (Lipinski definition) is 3. The number of hydrogen-bond acceptors (Lipinski definition) is 3. The molecule has 1 amide bonds. The van der Waals surface area contributed by atoms with E-state index in [0.29, 0.717) is 24.8 Å². The van der Waals surface area contributed by atoms with Crippen LogP contribution in [0.3, 0.4) is 0 Å². The molecule has 0 bridgehead atoms. The largest absolute Gasteiger partial charge is 0.481 e. The molecule has 0 spiro atoms. The van der Waals surface area contributed by atoms with Crippen LogP contribution in [0.15, 0.2) is 0 Å². The highest BCUT2D eigenvalue weighted by molar-refractivity contribution is 5.81. The average Bonchev–Trinajstić information content (AvgIpc) is 2.31. The van der Waals surface area contributed by atoms with Crippen molar-refractivity contribution in [2.24, 2.45) is 23.5 Å². The Bertz CT molecular complexity index is 290. The first-order chi connectivity index (χ1) is 8.75. The van der Waals surface area contributed by atoms with Crippen molar-refractivity contribution < 1.29 is 14.7 Å². The summed E-state index contributed by atoms with van der Waals surface area (Å²) in [7, 11) is 0. The van der Waals surface area contributed by atoms with E-state index in [9.17, 15) is 9.59 Å². The minimum Gasteiger partial charge on any atom is -0.481 e. The lowest BCUT2D eigenvalue weighted by Gasteiger charge is -2.21. The van der Waals surface area contributed by atoms with Crippen molar-refractivity contribution in [3.05, 3.63) is 0 Å². The zero-order valence-electron chi connectivity index (χ0n) is 12.5. The molecular formula is C14H28N2O3. The van der Waals surface area contributed by atoms with Crippen molar-refractivity contribution >= 4 is 11.9 Å².